The number of nitrogens with zero attached hydrogens (tertiary/aromatic N) is 2. The lowest BCUT2D eigenvalue weighted by molar-refractivity contribution is 0.102. The molecule has 6 nitrogen and oxygen atoms in total. The number of anilines is 2. The summed E-state index contributed by atoms with van der Waals surface area (Å²) >= 11 is 0. The van der Waals surface area contributed by atoms with Gasteiger partial charge in [0.25, 0.3) is 5.91 Å². The Morgan fingerprint density at radius 2 is 1.79 bits per heavy atom. The van der Waals surface area contributed by atoms with Crippen molar-refractivity contribution < 1.29 is 9.18 Å². The molecule has 7 heteroatoms. The van der Waals surface area contributed by atoms with Crippen LogP contribution in [-0.2, 0) is 0 Å². The largest absolute Gasteiger partial charge is 0.397 e. The van der Waals surface area contributed by atoms with Crippen LogP contribution < -0.4 is 16.5 Å². The van der Waals surface area contributed by atoms with Gasteiger partial charge in [0.2, 0.25) is 5.43 Å². The number of hydrogen-bond donors (Lipinski definition) is 2. The van der Waals surface area contributed by atoms with E-state index in [1.54, 1.807) is 59.3 Å². The Labute approximate surface area is 159 Å². The minimum absolute atomic E-state index is 0.0759. The van der Waals surface area contributed by atoms with Gasteiger partial charge in [-0.1, -0.05) is 12.1 Å². The number of amides is 1. The summed E-state index contributed by atoms with van der Waals surface area (Å²) in [4.78, 5) is 29.9. The quantitative estimate of drug-likeness (QED) is 0.538. The van der Waals surface area contributed by atoms with Crippen molar-refractivity contribution in [3.05, 3.63) is 94.7 Å². The Morgan fingerprint density at radius 1 is 1.04 bits per heavy atom. The van der Waals surface area contributed by atoms with Crippen LogP contribution in [0.5, 0.6) is 0 Å². The summed E-state index contributed by atoms with van der Waals surface area (Å²) in [6.07, 6.45) is 2.95. The van der Waals surface area contributed by atoms with E-state index in [1.807, 2.05) is 0 Å². The summed E-state index contributed by atoms with van der Waals surface area (Å²) in [6.45, 7) is 0. The van der Waals surface area contributed by atoms with Crippen molar-refractivity contribution in [1.29, 1.82) is 0 Å². The van der Waals surface area contributed by atoms with Crippen LogP contribution in [0.1, 0.15) is 10.4 Å². The first-order chi connectivity index (χ1) is 13.5. The Bertz CT molecular complexity index is 1250. The molecule has 0 saturated carbocycles. The van der Waals surface area contributed by atoms with Crippen LogP contribution in [0.2, 0.25) is 0 Å². The first-order valence-corrected chi connectivity index (χ1v) is 8.47. The number of fused-ring (bicyclic) bond motifs is 1. The summed E-state index contributed by atoms with van der Waals surface area (Å²) < 4.78 is 14.9. The van der Waals surface area contributed by atoms with E-state index in [4.69, 9.17) is 5.73 Å². The number of para-hydroxylation sites is 2. The number of nitrogens with one attached hydrogen (secondary N) is 1. The molecule has 1 amide bonds. The molecule has 0 bridgehead atoms. The molecule has 0 fully saturated rings. The highest BCUT2D eigenvalue weighted by Gasteiger charge is 2.17. The molecule has 4 rings (SSSR count). The molecule has 0 saturated heterocycles. The Hall–Kier alpha value is -4.00. The van der Waals surface area contributed by atoms with Crippen molar-refractivity contribution in [3.63, 3.8) is 0 Å². The number of rotatable bonds is 3. The third-order valence-corrected chi connectivity index (χ3v) is 4.32. The number of halogens is 1. The van der Waals surface area contributed by atoms with Gasteiger partial charge in [0.05, 0.1) is 16.8 Å². The third-order valence-electron chi connectivity index (χ3n) is 4.32. The maximum Gasteiger partial charge on any atom is 0.261 e. The number of carbonyl (C=O) groups is 1. The van der Waals surface area contributed by atoms with Crippen molar-refractivity contribution >= 4 is 28.3 Å². The summed E-state index contributed by atoms with van der Waals surface area (Å²) in [5, 5.41) is 2.94. The lowest BCUT2D eigenvalue weighted by atomic mass is 10.1. The molecule has 0 atom stereocenters. The van der Waals surface area contributed by atoms with Gasteiger partial charge in [-0.3, -0.25) is 9.59 Å². The van der Waals surface area contributed by atoms with Gasteiger partial charge < -0.3 is 15.6 Å². The molecular weight excluding hydrogens is 359 g/mol. The standard InChI is InChI=1S/C21H15FN4O2/c22-13-7-9-14(10-8-13)26-12-16(19(27)15-4-3-11-24-20(15)26)21(28)25-18-6-2-1-5-17(18)23/h1-12H,23H2,(H,25,28). The Morgan fingerprint density at radius 3 is 2.54 bits per heavy atom. The van der Waals surface area contributed by atoms with Crippen molar-refractivity contribution in [2.45, 2.75) is 0 Å². The van der Waals surface area contributed by atoms with Crippen LogP contribution in [-0.4, -0.2) is 15.5 Å². The van der Waals surface area contributed by atoms with Crippen LogP contribution in [0, 0.1) is 5.82 Å². The zero-order valence-electron chi connectivity index (χ0n) is 14.6. The summed E-state index contributed by atoms with van der Waals surface area (Å²) in [5.41, 5.74) is 7.07. The fourth-order valence-electron chi connectivity index (χ4n) is 2.92. The third kappa shape index (κ3) is 3.09. The number of benzene rings is 2. The van der Waals surface area contributed by atoms with Gasteiger partial charge in [-0.2, -0.15) is 0 Å². The van der Waals surface area contributed by atoms with E-state index in [2.05, 4.69) is 10.3 Å². The Balaban J connectivity index is 1.88. The lowest BCUT2D eigenvalue weighted by Crippen LogP contribution is -2.24. The maximum atomic E-state index is 13.3. The second kappa shape index (κ2) is 6.96. The highest BCUT2D eigenvalue weighted by atomic mass is 19.1. The molecule has 0 aliphatic carbocycles. The summed E-state index contributed by atoms with van der Waals surface area (Å²) in [5.74, 6) is -0.982. The van der Waals surface area contributed by atoms with Crippen molar-refractivity contribution in [1.82, 2.24) is 9.55 Å². The smallest absolute Gasteiger partial charge is 0.261 e. The number of carbonyl (C=O) groups excluding carboxylic acids is 1. The topological polar surface area (TPSA) is 90.0 Å². The zero-order valence-corrected chi connectivity index (χ0v) is 14.6. The first kappa shape index (κ1) is 17.4. The van der Waals surface area contributed by atoms with Gasteiger partial charge in [-0.05, 0) is 48.5 Å². The number of hydrogen-bond acceptors (Lipinski definition) is 4. The monoisotopic (exact) mass is 374 g/mol. The molecule has 28 heavy (non-hydrogen) atoms. The van der Waals surface area contributed by atoms with Crippen molar-refractivity contribution in [2.75, 3.05) is 11.1 Å². The number of pyridine rings is 2. The predicted molar refractivity (Wildman–Crippen MR) is 106 cm³/mol. The molecule has 0 unspecified atom stereocenters. The predicted octanol–water partition coefficient (Wildman–Crippen LogP) is 3.36. The van der Waals surface area contributed by atoms with Gasteiger partial charge in [0.1, 0.15) is 17.0 Å². The molecule has 0 aliphatic heterocycles. The Kier molecular flexibility index (Phi) is 4.33. The van der Waals surface area contributed by atoms with E-state index in [0.717, 1.165) is 0 Å². The van der Waals surface area contributed by atoms with Crippen LogP contribution in [0.25, 0.3) is 16.7 Å². The van der Waals surface area contributed by atoms with Crippen LogP contribution in [0.15, 0.2) is 77.9 Å². The molecule has 2 aromatic heterocycles. The van der Waals surface area contributed by atoms with E-state index in [9.17, 15) is 14.0 Å². The SMILES string of the molecule is Nc1ccccc1NC(=O)c1cn(-c2ccc(F)cc2)c2ncccc2c1=O. The van der Waals surface area contributed by atoms with Crippen molar-refractivity contribution in [3.8, 4) is 5.69 Å². The van der Waals surface area contributed by atoms with Crippen LogP contribution >= 0.6 is 0 Å². The summed E-state index contributed by atoms with van der Waals surface area (Å²) in [7, 11) is 0. The molecule has 3 N–H and O–H groups in total. The minimum atomic E-state index is -0.593. The molecule has 0 radical (unpaired) electrons. The first-order valence-electron chi connectivity index (χ1n) is 8.47. The molecular formula is C21H15FN4O2. The fourth-order valence-corrected chi connectivity index (χ4v) is 2.92. The number of nitrogen functional groups attached to an aromatic ring is 1. The molecule has 138 valence electrons. The van der Waals surface area contributed by atoms with Gasteiger partial charge in [0, 0.05) is 18.1 Å². The second-order valence-corrected chi connectivity index (χ2v) is 6.13. The van der Waals surface area contributed by atoms with Crippen LogP contribution in [0.3, 0.4) is 0 Å². The highest BCUT2D eigenvalue weighted by Crippen LogP contribution is 2.19. The normalized spacial score (nSPS) is 10.8. The van der Waals surface area contributed by atoms with Gasteiger partial charge in [-0.15, -0.1) is 0 Å². The van der Waals surface area contributed by atoms with Gasteiger partial charge in [-0.25, -0.2) is 9.37 Å². The molecule has 2 heterocycles. The molecule has 0 aliphatic rings. The average molecular weight is 374 g/mol. The molecule has 0 spiro atoms. The average Bonchev–Trinajstić information content (AvgIpc) is 2.71. The van der Waals surface area contributed by atoms with Crippen molar-refractivity contribution in [2.24, 2.45) is 0 Å². The highest BCUT2D eigenvalue weighted by molar-refractivity contribution is 6.07. The van der Waals surface area contributed by atoms with Gasteiger partial charge in [0.15, 0.2) is 0 Å². The molecule has 2 aromatic carbocycles. The van der Waals surface area contributed by atoms with E-state index >= 15 is 0 Å². The summed E-state index contributed by atoms with van der Waals surface area (Å²) in [6, 6.07) is 15.7. The zero-order chi connectivity index (χ0) is 19.7. The van der Waals surface area contributed by atoms with Crippen LogP contribution in [0.4, 0.5) is 15.8 Å². The maximum absolute atomic E-state index is 13.3. The number of aromatic nitrogens is 2. The second-order valence-electron chi connectivity index (χ2n) is 6.13. The number of nitrogens with two attached hydrogens (primary N) is 1. The van der Waals surface area contributed by atoms with E-state index in [0.29, 0.717) is 22.7 Å². The van der Waals surface area contributed by atoms with E-state index in [-0.39, 0.29) is 16.8 Å². The van der Waals surface area contributed by atoms with E-state index < -0.39 is 11.3 Å². The van der Waals surface area contributed by atoms with Gasteiger partial charge >= 0.3 is 0 Å². The lowest BCUT2D eigenvalue weighted by Gasteiger charge is -2.13. The minimum Gasteiger partial charge on any atom is -0.397 e. The van der Waals surface area contributed by atoms with E-state index in [1.165, 1.54) is 18.3 Å². The fraction of sp³-hybridized carbons (Fsp3) is 0. The molecule has 4 aromatic rings.